The second-order valence-electron chi connectivity index (χ2n) is 7.20. The van der Waals surface area contributed by atoms with E-state index in [1.165, 1.54) is 31.9 Å². The maximum absolute atomic E-state index is 12.9. The number of benzene rings is 1. The molecule has 0 aliphatic heterocycles. The third kappa shape index (κ3) is 7.24. The van der Waals surface area contributed by atoms with Crippen LogP contribution in [0.1, 0.15) is 63.9 Å². The van der Waals surface area contributed by atoms with Crippen molar-refractivity contribution < 1.29 is 19.1 Å². The van der Waals surface area contributed by atoms with Gasteiger partial charge in [-0.2, -0.15) is 0 Å². The zero-order chi connectivity index (χ0) is 19.5. The fourth-order valence-electron chi connectivity index (χ4n) is 3.65. The highest BCUT2D eigenvalue weighted by atomic mass is 16.5. The molecule has 2 rings (SSSR count). The Kier molecular flexibility index (Phi) is 9.16. The lowest BCUT2D eigenvalue weighted by Gasteiger charge is -2.33. The van der Waals surface area contributed by atoms with Gasteiger partial charge in [0.15, 0.2) is 6.61 Å². The summed E-state index contributed by atoms with van der Waals surface area (Å²) in [6, 6.07) is 8.03. The lowest BCUT2D eigenvalue weighted by Crippen LogP contribution is -2.44. The van der Waals surface area contributed by atoms with Crippen molar-refractivity contribution in [1.29, 1.82) is 0 Å². The Hall–Kier alpha value is -2.04. The summed E-state index contributed by atoms with van der Waals surface area (Å²) in [5, 5.41) is 0. The molecule has 1 aromatic carbocycles. The Morgan fingerprint density at radius 1 is 1.11 bits per heavy atom. The molecule has 0 aromatic heterocycles. The van der Waals surface area contributed by atoms with Gasteiger partial charge in [-0.1, -0.05) is 51.2 Å². The predicted molar refractivity (Wildman–Crippen MR) is 106 cm³/mol. The van der Waals surface area contributed by atoms with E-state index in [1.54, 1.807) is 0 Å². The van der Waals surface area contributed by atoms with Gasteiger partial charge in [-0.15, -0.1) is 0 Å². The van der Waals surface area contributed by atoms with Gasteiger partial charge in [-0.3, -0.25) is 9.59 Å². The smallest absolute Gasteiger partial charge is 0.307 e. The first-order chi connectivity index (χ1) is 13.1. The van der Waals surface area contributed by atoms with Crippen LogP contribution in [0.4, 0.5) is 0 Å². The molecule has 27 heavy (non-hydrogen) atoms. The average molecular weight is 376 g/mol. The number of nitrogens with zero attached hydrogens (tertiary/aromatic N) is 1. The summed E-state index contributed by atoms with van der Waals surface area (Å²) in [6.45, 7) is 2.49. The SMILES string of the molecule is CCc1cccc(OCC(=O)N(CCC(=O)OC)C2CCCCCCC2)c1. The van der Waals surface area contributed by atoms with Crippen LogP contribution >= 0.6 is 0 Å². The Morgan fingerprint density at radius 3 is 2.48 bits per heavy atom. The van der Waals surface area contributed by atoms with E-state index < -0.39 is 0 Å². The molecular formula is C22H33NO4. The molecule has 5 nitrogen and oxygen atoms in total. The molecule has 5 heteroatoms. The highest BCUT2D eigenvalue weighted by Crippen LogP contribution is 2.22. The van der Waals surface area contributed by atoms with Crippen LogP contribution in [-0.4, -0.2) is 43.1 Å². The van der Waals surface area contributed by atoms with Gasteiger partial charge in [-0.25, -0.2) is 0 Å². The minimum atomic E-state index is -0.282. The lowest BCUT2D eigenvalue weighted by molar-refractivity contribution is -0.143. The van der Waals surface area contributed by atoms with E-state index in [-0.39, 0.29) is 30.9 Å². The summed E-state index contributed by atoms with van der Waals surface area (Å²) in [5.41, 5.74) is 1.18. The number of rotatable bonds is 8. The highest BCUT2D eigenvalue weighted by Gasteiger charge is 2.25. The Morgan fingerprint density at radius 2 is 1.81 bits per heavy atom. The topological polar surface area (TPSA) is 55.8 Å². The molecule has 1 aliphatic rings. The summed E-state index contributed by atoms with van der Waals surface area (Å²) in [6.07, 6.45) is 9.13. The van der Waals surface area contributed by atoms with Gasteiger partial charge in [-0.05, 0) is 37.0 Å². The standard InChI is InChI=1S/C22H33NO4/c1-3-18-10-9-13-20(16-18)27-17-21(24)23(15-14-22(25)26-2)19-11-7-5-4-6-8-12-19/h9-10,13,16,19H,3-8,11-12,14-15,17H2,1-2H3. The van der Waals surface area contributed by atoms with Crippen LogP contribution in [0.3, 0.4) is 0 Å². The van der Waals surface area contributed by atoms with Crippen molar-refractivity contribution in [2.75, 3.05) is 20.3 Å². The summed E-state index contributed by atoms with van der Waals surface area (Å²) in [4.78, 5) is 26.4. The minimum absolute atomic E-state index is 0.00480. The van der Waals surface area contributed by atoms with Crippen LogP contribution in [-0.2, 0) is 20.7 Å². The molecular weight excluding hydrogens is 342 g/mol. The van der Waals surface area contributed by atoms with E-state index >= 15 is 0 Å². The molecule has 1 amide bonds. The molecule has 150 valence electrons. The average Bonchev–Trinajstić information content (AvgIpc) is 2.67. The Balaban J connectivity index is 2.00. The maximum Gasteiger partial charge on any atom is 0.307 e. The number of esters is 1. The van der Waals surface area contributed by atoms with E-state index in [1.807, 2.05) is 29.2 Å². The number of hydrogen-bond acceptors (Lipinski definition) is 4. The van der Waals surface area contributed by atoms with Crippen molar-refractivity contribution in [2.45, 2.75) is 70.8 Å². The first-order valence-corrected chi connectivity index (χ1v) is 10.2. The van der Waals surface area contributed by atoms with Crippen LogP contribution in [0.25, 0.3) is 0 Å². The van der Waals surface area contributed by atoms with E-state index in [0.29, 0.717) is 12.3 Å². The van der Waals surface area contributed by atoms with Gasteiger partial charge in [0.05, 0.1) is 13.5 Å². The number of carbonyl (C=O) groups excluding carboxylic acids is 2. The molecule has 0 unspecified atom stereocenters. The van der Waals surface area contributed by atoms with E-state index in [2.05, 4.69) is 6.92 Å². The van der Waals surface area contributed by atoms with Crippen LogP contribution in [0, 0.1) is 0 Å². The fraction of sp³-hybridized carbons (Fsp3) is 0.636. The van der Waals surface area contributed by atoms with E-state index in [9.17, 15) is 9.59 Å². The fourth-order valence-corrected chi connectivity index (χ4v) is 3.65. The molecule has 0 bridgehead atoms. The molecule has 0 radical (unpaired) electrons. The molecule has 0 heterocycles. The quantitative estimate of drug-likeness (QED) is 0.641. The van der Waals surface area contributed by atoms with Crippen molar-refractivity contribution in [3.05, 3.63) is 29.8 Å². The van der Waals surface area contributed by atoms with Gasteiger partial charge in [0.25, 0.3) is 5.91 Å². The van der Waals surface area contributed by atoms with Crippen LogP contribution in [0.15, 0.2) is 24.3 Å². The first-order valence-electron chi connectivity index (χ1n) is 10.2. The molecule has 1 aromatic rings. The molecule has 1 fully saturated rings. The van der Waals surface area contributed by atoms with Gasteiger partial charge >= 0.3 is 5.97 Å². The number of amides is 1. The third-order valence-corrected chi connectivity index (χ3v) is 5.29. The molecule has 1 aliphatic carbocycles. The van der Waals surface area contributed by atoms with Gasteiger partial charge in [0, 0.05) is 12.6 Å². The van der Waals surface area contributed by atoms with E-state index in [0.717, 1.165) is 32.1 Å². The second kappa shape index (κ2) is 11.6. The van der Waals surface area contributed by atoms with Gasteiger partial charge in [0.2, 0.25) is 0 Å². The largest absolute Gasteiger partial charge is 0.484 e. The number of methoxy groups -OCH3 is 1. The molecule has 0 saturated heterocycles. The normalized spacial score (nSPS) is 15.5. The first kappa shape index (κ1) is 21.3. The van der Waals surface area contributed by atoms with Gasteiger partial charge in [0.1, 0.15) is 5.75 Å². The van der Waals surface area contributed by atoms with Crippen LogP contribution < -0.4 is 4.74 Å². The Bertz CT molecular complexity index is 594. The summed E-state index contributed by atoms with van der Waals surface area (Å²) < 4.78 is 10.5. The number of ether oxygens (including phenoxy) is 2. The zero-order valence-corrected chi connectivity index (χ0v) is 16.7. The molecule has 0 N–H and O–H groups in total. The summed E-state index contributed by atoms with van der Waals surface area (Å²) in [7, 11) is 1.38. The molecule has 1 saturated carbocycles. The van der Waals surface area contributed by atoms with Crippen molar-refractivity contribution in [2.24, 2.45) is 0 Å². The number of aryl methyl sites for hydroxylation is 1. The molecule has 0 spiro atoms. The minimum Gasteiger partial charge on any atom is -0.484 e. The lowest BCUT2D eigenvalue weighted by atomic mass is 9.95. The van der Waals surface area contributed by atoms with Crippen molar-refractivity contribution in [3.63, 3.8) is 0 Å². The van der Waals surface area contributed by atoms with Crippen molar-refractivity contribution in [3.8, 4) is 5.75 Å². The van der Waals surface area contributed by atoms with Gasteiger partial charge < -0.3 is 14.4 Å². The monoisotopic (exact) mass is 375 g/mol. The summed E-state index contributed by atoms with van der Waals surface area (Å²) >= 11 is 0. The van der Waals surface area contributed by atoms with Crippen molar-refractivity contribution in [1.82, 2.24) is 4.90 Å². The third-order valence-electron chi connectivity index (χ3n) is 5.29. The van der Waals surface area contributed by atoms with Crippen molar-refractivity contribution >= 4 is 11.9 Å². The summed E-state index contributed by atoms with van der Waals surface area (Å²) in [5.74, 6) is 0.384. The number of hydrogen-bond donors (Lipinski definition) is 0. The Labute approximate surface area is 163 Å². The zero-order valence-electron chi connectivity index (χ0n) is 16.7. The second-order valence-corrected chi connectivity index (χ2v) is 7.20. The van der Waals surface area contributed by atoms with Crippen LogP contribution in [0.2, 0.25) is 0 Å². The van der Waals surface area contributed by atoms with Crippen LogP contribution in [0.5, 0.6) is 5.75 Å². The highest BCUT2D eigenvalue weighted by molar-refractivity contribution is 5.79. The number of carbonyl (C=O) groups is 2. The van der Waals surface area contributed by atoms with E-state index in [4.69, 9.17) is 9.47 Å². The predicted octanol–water partition coefficient (Wildman–Crippen LogP) is 4.13. The molecule has 0 atom stereocenters. The maximum atomic E-state index is 12.9.